The summed E-state index contributed by atoms with van der Waals surface area (Å²) in [4.78, 5) is 14.4. The van der Waals surface area contributed by atoms with E-state index in [1.54, 1.807) is 12.3 Å². The van der Waals surface area contributed by atoms with Crippen LogP contribution in [0, 0.1) is 10.1 Å². The first kappa shape index (κ1) is 15.6. The summed E-state index contributed by atoms with van der Waals surface area (Å²) >= 11 is 0. The van der Waals surface area contributed by atoms with E-state index in [4.69, 9.17) is 9.31 Å². The van der Waals surface area contributed by atoms with E-state index in [1.807, 2.05) is 33.8 Å². The SMILES string of the molecule is CC1(C)OB(c2ccc(-n3ccc([N+](=O)[O-])n3)nc2)OC1(C)C. The van der Waals surface area contributed by atoms with Gasteiger partial charge in [-0.25, -0.2) is 4.98 Å². The molecule has 2 aromatic heterocycles. The molecule has 8 nitrogen and oxygen atoms in total. The Balaban J connectivity index is 1.81. The van der Waals surface area contributed by atoms with Crippen molar-refractivity contribution in [3.8, 4) is 5.82 Å². The summed E-state index contributed by atoms with van der Waals surface area (Å²) < 4.78 is 13.3. The Morgan fingerprint density at radius 3 is 2.30 bits per heavy atom. The predicted octanol–water partition coefficient (Wildman–Crippen LogP) is 1.47. The number of aromatic nitrogens is 3. The van der Waals surface area contributed by atoms with Crippen molar-refractivity contribution in [3.63, 3.8) is 0 Å². The number of pyridine rings is 1. The van der Waals surface area contributed by atoms with Crippen LogP contribution >= 0.6 is 0 Å². The Hall–Kier alpha value is -2.26. The molecule has 1 aliphatic heterocycles. The molecule has 0 bridgehead atoms. The molecule has 2 aromatic rings. The normalized spacial score (nSPS) is 19.0. The van der Waals surface area contributed by atoms with E-state index in [9.17, 15) is 10.1 Å². The maximum atomic E-state index is 10.7. The number of nitro groups is 1. The minimum absolute atomic E-state index is 0.221. The highest BCUT2D eigenvalue weighted by Gasteiger charge is 2.51. The molecule has 0 radical (unpaired) electrons. The van der Waals surface area contributed by atoms with Crippen molar-refractivity contribution in [2.45, 2.75) is 38.9 Å². The zero-order valence-electron chi connectivity index (χ0n) is 13.4. The van der Waals surface area contributed by atoms with Crippen molar-refractivity contribution in [1.29, 1.82) is 0 Å². The molecule has 0 saturated carbocycles. The average molecular weight is 316 g/mol. The molecule has 1 fully saturated rings. The average Bonchev–Trinajstić information content (AvgIpc) is 3.03. The van der Waals surface area contributed by atoms with Crippen LogP contribution in [0.3, 0.4) is 0 Å². The zero-order valence-corrected chi connectivity index (χ0v) is 13.4. The Kier molecular flexibility index (Phi) is 3.49. The first-order valence-electron chi connectivity index (χ1n) is 7.22. The van der Waals surface area contributed by atoms with E-state index in [1.165, 1.54) is 16.9 Å². The third kappa shape index (κ3) is 2.73. The van der Waals surface area contributed by atoms with Crippen molar-refractivity contribution in [3.05, 3.63) is 40.7 Å². The molecule has 0 amide bonds. The van der Waals surface area contributed by atoms with Gasteiger partial charge >= 0.3 is 12.9 Å². The summed E-state index contributed by atoms with van der Waals surface area (Å²) in [6.45, 7) is 7.94. The van der Waals surface area contributed by atoms with Gasteiger partial charge in [-0.3, -0.25) is 0 Å². The van der Waals surface area contributed by atoms with Crippen LogP contribution in [0.15, 0.2) is 30.6 Å². The lowest BCUT2D eigenvalue weighted by Crippen LogP contribution is -2.41. The molecule has 23 heavy (non-hydrogen) atoms. The molecule has 0 atom stereocenters. The van der Waals surface area contributed by atoms with E-state index in [2.05, 4.69) is 10.1 Å². The molecule has 0 aliphatic carbocycles. The highest BCUT2D eigenvalue weighted by atomic mass is 16.7. The van der Waals surface area contributed by atoms with Gasteiger partial charge in [0, 0.05) is 11.7 Å². The molecule has 9 heteroatoms. The monoisotopic (exact) mass is 316 g/mol. The Morgan fingerprint density at radius 2 is 1.83 bits per heavy atom. The Bertz CT molecular complexity index is 725. The molecule has 0 aromatic carbocycles. The fourth-order valence-corrected chi connectivity index (χ4v) is 2.19. The van der Waals surface area contributed by atoms with E-state index >= 15 is 0 Å². The van der Waals surface area contributed by atoms with Gasteiger partial charge < -0.3 is 19.4 Å². The molecule has 0 N–H and O–H groups in total. The van der Waals surface area contributed by atoms with Crippen LogP contribution in [0.5, 0.6) is 0 Å². The second kappa shape index (κ2) is 5.14. The first-order chi connectivity index (χ1) is 10.7. The van der Waals surface area contributed by atoms with Crippen LogP contribution in [0.25, 0.3) is 5.82 Å². The first-order valence-corrected chi connectivity index (χ1v) is 7.22. The van der Waals surface area contributed by atoms with Gasteiger partial charge in [0.2, 0.25) is 0 Å². The molecule has 3 heterocycles. The van der Waals surface area contributed by atoms with E-state index < -0.39 is 23.2 Å². The van der Waals surface area contributed by atoms with Gasteiger partial charge in [0.1, 0.15) is 0 Å². The largest absolute Gasteiger partial charge is 0.496 e. The van der Waals surface area contributed by atoms with Crippen LogP contribution in [0.1, 0.15) is 27.7 Å². The second-order valence-electron chi connectivity index (χ2n) is 6.41. The lowest BCUT2D eigenvalue weighted by Gasteiger charge is -2.32. The summed E-state index contributed by atoms with van der Waals surface area (Å²) in [6, 6.07) is 4.86. The fraction of sp³-hybridized carbons (Fsp3) is 0.429. The van der Waals surface area contributed by atoms with Crippen LogP contribution in [-0.2, 0) is 9.31 Å². The maximum Gasteiger partial charge on any atom is 0.496 e. The van der Waals surface area contributed by atoms with Crippen molar-refractivity contribution in [1.82, 2.24) is 14.8 Å². The summed E-state index contributed by atoms with van der Waals surface area (Å²) in [5.41, 5.74) is -0.0493. The highest BCUT2D eigenvalue weighted by Crippen LogP contribution is 2.36. The summed E-state index contributed by atoms with van der Waals surface area (Å²) in [5, 5.41) is 14.5. The smallest absolute Gasteiger partial charge is 0.399 e. The van der Waals surface area contributed by atoms with Crippen molar-refractivity contribution < 1.29 is 14.2 Å². The van der Waals surface area contributed by atoms with Gasteiger partial charge in [-0.15, -0.1) is 4.68 Å². The predicted molar refractivity (Wildman–Crippen MR) is 83.7 cm³/mol. The number of nitrogens with zero attached hydrogens (tertiary/aromatic N) is 4. The number of rotatable bonds is 3. The summed E-state index contributed by atoms with van der Waals surface area (Å²) in [6.07, 6.45) is 3.12. The van der Waals surface area contributed by atoms with Crippen molar-refractivity contribution >= 4 is 18.4 Å². The van der Waals surface area contributed by atoms with Gasteiger partial charge in [-0.05, 0) is 38.7 Å². The zero-order chi connectivity index (χ0) is 16.8. The second-order valence-corrected chi connectivity index (χ2v) is 6.41. The van der Waals surface area contributed by atoms with Crippen LogP contribution in [0.2, 0.25) is 0 Å². The molecular formula is C14H17BN4O4. The lowest BCUT2D eigenvalue weighted by atomic mass is 9.80. The molecule has 120 valence electrons. The topological polar surface area (TPSA) is 92.3 Å². The Morgan fingerprint density at radius 1 is 1.17 bits per heavy atom. The fourth-order valence-electron chi connectivity index (χ4n) is 2.19. The molecule has 0 spiro atoms. The summed E-state index contributed by atoms with van der Waals surface area (Å²) in [7, 11) is -0.492. The van der Waals surface area contributed by atoms with Gasteiger partial charge in [0.15, 0.2) is 5.82 Å². The molecule has 1 aliphatic rings. The molecule has 1 saturated heterocycles. The van der Waals surface area contributed by atoms with Crippen molar-refractivity contribution in [2.75, 3.05) is 0 Å². The van der Waals surface area contributed by atoms with E-state index in [-0.39, 0.29) is 5.82 Å². The van der Waals surface area contributed by atoms with E-state index in [0.29, 0.717) is 5.82 Å². The lowest BCUT2D eigenvalue weighted by molar-refractivity contribution is -0.389. The van der Waals surface area contributed by atoms with Crippen molar-refractivity contribution in [2.24, 2.45) is 0 Å². The number of hydrogen-bond acceptors (Lipinski definition) is 6. The molecular weight excluding hydrogens is 299 g/mol. The van der Waals surface area contributed by atoms with Gasteiger partial charge in [0.25, 0.3) is 0 Å². The molecule has 0 unspecified atom stereocenters. The van der Waals surface area contributed by atoms with Gasteiger partial charge in [0.05, 0.1) is 28.6 Å². The van der Waals surface area contributed by atoms with E-state index in [0.717, 1.165) is 5.46 Å². The highest BCUT2D eigenvalue weighted by molar-refractivity contribution is 6.62. The van der Waals surface area contributed by atoms with Crippen LogP contribution < -0.4 is 5.46 Å². The third-order valence-corrected chi connectivity index (χ3v) is 4.29. The van der Waals surface area contributed by atoms with Crippen LogP contribution in [-0.4, -0.2) is 38.0 Å². The minimum Gasteiger partial charge on any atom is -0.399 e. The quantitative estimate of drug-likeness (QED) is 0.484. The van der Waals surface area contributed by atoms with Gasteiger partial charge in [-0.2, -0.15) is 0 Å². The third-order valence-electron chi connectivity index (χ3n) is 4.29. The molecule has 3 rings (SSSR count). The minimum atomic E-state index is -0.546. The van der Waals surface area contributed by atoms with Crippen LogP contribution in [0.4, 0.5) is 5.82 Å². The standard InChI is InChI=1S/C14H17BN4O4/c1-13(2)14(3,4)23-15(22-13)10-5-6-11(16-9-10)18-8-7-12(17-18)19(20)21/h5-9H,1-4H3. The maximum absolute atomic E-state index is 10.7. The Labute approximate surface area is 133 Å². The summed E-state index contributed by atoms with van der Waals surface area (Å²) in [5.74, 6) is 0.264. The number of hydrogen-bond donors (Lipinski definition) is 0. The van der Waals surface area contributed by atoms with Gasteiger partial charge in [-0.1, -0.05) is 6.07 Å².